The van der Waals surface area contributed by atoms with Gasteiger partial charge in [0.2, 0.25) is 5.91 Å². The standard InChI is InChI=1S/C26H30ClN7O3/c1-3-24(35)33-12-15(8-18(33)13-37-2)9-20(28)25(26(29)36)21(32-30)7-4-16-10-22-23(11-19(16)27)34(14-31-22)17-5-6-17/h3,10-11,14-15,17-18H,1,5-6,8-9,12-13,28,30H2,2H3,(H2,29,36)/b25-20-,32-21-/t15-,18-/m1/s1. The van der Waals surface area contributed by atoms with Crippen LogP contribution in [-0.2, 0) is 14.3 Å². The summed E-state index contributed by atoms with van der Waals surface area (Å²) in [5.41, 5.74) is 14.3. The number of allylic oxidation sites excluding steroid dienone is 1. The van der Waals surface area contributed by atoms with E-state index in [4.69, 9.17) is 33.6 Å². The van der Waals surface area contributed by atoms with Gasteiger partial charge in [0.15, 0.2) is 0 Å². The van der Waals surface area contributed by atoms with Crippen molar-refractivity contribution in [2.45, 2.75) is 37.8 Å². The lowest BCUT2D eigenvalue weighted by Crippen LogP contribution is -2.37. The number of primary amides is 1. The molecule has 1 aliphatic carbocycles. The molecular weight excluding hydrogens is 494 g/mol. The van der Waals surface area contributed by atoms with E-state index in [0.717, 1.165) is 23.9 Å². The number of methoxy groups -OCH3 is 1. The van der Waals surface area contributed by atoms with Crippen molar-refractivity contribution in [1.82, 2.24) is 14.5 Å². The SMILES string of the molecule is C=CC(=O)N1C[C@@H](C/C(N)=C(C(N)=O)\C(C#Cc2cc3ncn(C4CC4)c3cc2Cl)=N/N)C[C@@H]1COC. The largest absolute Gasteiger partial charge is 0.401 e. The zero-order valence-corrected chi connectivity index (χ0v) is 21.4. The average molecular weight is 524 g/mol. The van der Waals surface area contributed by atoms with Gasteiger partial charge in [-0.05, 0) is 55.7 Å². The van der Waals surface area contributed by atoms with Gasteiger partial charge in [-0.3, -0.25) is 9.59 Å². The number of hydrogen-bond donors (Lipinski definition) is 3. The lowest BCUT2D eigenvalue weighted by Gasteiger charge is -2.22. The molecule has 37 heavy (non-hydrogen) atoms. The highest BCUT2D eigenvalue weighted by atomic mass is 35.5. The van der Waals surface area contributed by atoms with E-state index in [2.05, 4.69) is 33.1 Å². The predicted molar refractivity (Wildman–Crippen MR) is 142 cm³/mol. The number of imidazole rings is 1. The maximum Gasteiger partial charge on any atom is 0.253 e. The third kappa shape index (κ3) is 5.63. The molecule has 1 saturated heterocycles. The van der Waals surface area contributed by atoms with Crippen molar-refractivity contribution in [3.8, 4) is 11.8 Å². The lowest BCUT2D eigenvalue weighted by molar-refractivity contribution is -0.127. The molecule has 4 rings (SSSR count). The van der Waals surface area contributed by atoms with Crippen LogP contribution in [0.2, 0.25) is 5.02 Å². The van der Waals surface area contributed by atoms with Crippen molar-refractivity contribution >= 4 is 40.2 Å². The van der Waals surface area contributed by atoms with E-state index in [-0.39, 0.29) is 34.8 Å². The van der Waals surface area contributed by atoms with Gasteiger partial charge in [-0.1, -0.05) is 24.1 Å². The number of hydrogen-bond acceptors (Lipinski definition) is 7. The number of carbonyl (C=O) groups excluding carboxylic acids is 2. The van der Waals surface area contributed by atoms with Crippen molar-refractivity contribution in [3.05, 3.63) is 53.0 Å². The molecule has 10 nitrogen and oxygen atoms in total. The van der Waals surface area contributed by atoms with Crippen molar-refractivity contribution < 1.29 is 14.3 Å². The van der Waals surface area contributed by atoms with Crippen LogP contribution in [0.3, 0.4) is 0 Å². The summed E-state index contributed by atoms with van der Waals surface area (Å²) in [5.74, 6) is 10.3. The third-order valence-corrected chi connectivity index (χ3v) is 6.99. The number of benzene rings is 1. The van der Waals surface area contributed by atoms with E-state index in [1.165, 1.54) is 6.08 Å². The molecule has 1 aromatic carbocycles. The summed E-state index contributed by atoms with van der Waals surface area (Å²) in [6.07, 6.45) is 6.27. The minimum atomic E-state index is -0.800. The molecule has 11 heteroatoms. The molecule has 2 fully saturated rings. The van der Waals surface area contributed by atoms with Crippen molar-refractivity contribution in [2.75, 3.05) is 20.3 Å². The van der Waals surface area contributed by atoms with Gasteiger partial charge < -0.3 is 31.5 Å². The molecule has 2 heterocycles. The molecule has 0 radical (unpaired) electrons. The van der Waals surface area contributed by atoms with Gasteiger partial charge in [-0.25, -0.2) is 4.98 Å². The van der Waals surface area contributed by atoms with E-state index >= 15 is 0 Å². The summed E-state index contributed by atoms with van der Waals surface area (Å²) in [5, 5.41) is 4.14. The number of carbonyl (C=O) groups is 2. The van der Waals surface area contributed by atoms with Crippen molar-refractivity contribution in [1.29, 1.82) is 0 Å². The molecule has 0 bridgehead atoms. The van der Waals surface area contributed by atoms with Crippen LogP contribution in [0.4, 0.5) is 0 Å². The number of fused-ring (bicyclic) bond motifs is 1. The Hall–Kier alpha value is -3.81. The van der Waals surface area contributed by atoms with Crippen LogP contribution in [-0.4, -0.2) is 58.3 Å². The zero-order chi connectivity index (χ0) is 26.7. The summed E-state index contributed by atoms with van der Waals surface area (Å²) in [4.78, 5) is 30.8. The number of hydrazone groups is 1. The quantitative estimate of drug-likeness (QED) is 0.158. The summed E-state index contributed by atoms with van der Waals surface area (Å²) >= 11 is 6.50. The first kappa shape index (κ1) is 26.3. The fourth-order valence-corrected chi connectivity index (χ4v) is 5.02. The molecule has 1 saturated carbocycles. The van der Waals surface area contributed by atoms with Crippen molar-refractivity contribution in [3.63, 3.8) is 0 Å². The monoisotopic (exact) mass is 523 g/mol. The van der Waals surface area contributed by atoms with Gasteiger partial charge in [-0.2, -0.15) is 5.10 Å². The van der Waals surface area contributed by atoms with Crippen LogP contribution in [0.25, 0.3) is 11.0 Å². The molecule has 1 aliphatic heterocycles. The second-order valence-electron chi connectivity index (χ2n) is 9.31. The van der Waals surface area contributed by atoms with Gasteiger partial charge >= 0.3 is 0 Å². The summed E-state index contributed by atoms with van der Waals surface area (Å²) in [7, 11) is 1.58. The number of halogens is 1. The highest BCUT2D eigenvalue weighted by Gasteiger charge is 2.35. The summed E-state index contributed by atoms with van der Waals surface area (Å²) in [6.45, 7) is 4.39. The Kier molecular flexibility index (Phi) is 7.86. The molecule has 6 N–H and O–H groups in total. The van der Waals surface area contributed by atoms with E-state index < -0.39 is 5.91 Å². The van der Waals surface area contributed by atoms with E-state index in [0.29, 0.717) is 42.6 Å². The molecule has 194 valence electrons. The van der Waals surface area contributed by atoms with Crippen LogP contribution in [0.15, 0.2) is 47.5 Å². The Morgan fingerprint density at radius 1 is 1.35 bits per heavy atom. The minimum absolute atomic E-state index is 0.0242. The number of rotatable bonds is 8. The van der Waals surface area contributed by atoms with Gasteiger partial charge in [0, 0.05) is 31.0 Å². The molecule has 2 aromatic rings. The highest BCUT2D eigenvalue weighted by molar-refractivity contribution is 6.33. The maximum atomic E-state index is 12.4. The molecule has 0 spiro atoms. The Balaban J connectivity index is 1.58. The predicted octanol–water partition coefficient (Wildman–Crippen LogP) is 1.83. The van der Waals surface area contributed by atoms with E-state index in [1.54, 1.807) is 24.4 Å². The van der Waals surface area contributed by atoms with Gasteiger partial charge in [0.25, 0.3) is 5.91 Å². The van der Waals surface area contributed by atoms with Crippen LogP contribution >= 0.6 is 11.6 Å². The van der Waals surface area contributed by atoms with Crippen LogP contribution < -0.4 is 17.3 Å². The third-order valence-electron chi connectivity index (χ3n) is 6.68. The number of nitrogens with two attached hydrogens (primary N) is 3. The van der Waals surface area contributed by atoms with Crippen LogP contribution in [0.5, 0.6) is 0 Å². The first-order valence-corrected chi connectivity index (χ1v) is 12.3. The summed E-state index contributed by atoms with van der Waals surface area (Å²) < 4.78 is 7.37. The summed E-state index contributed by atoms with van der Waals surface area (Å²) in [6, 6.07) is 3.96. The fourth-order valence-electron chi connectivity index (χ4n) is 4.81. The zero-order valence-electron chi connectivity index (χ0n) is 20.6. The maximum absolute atomic E-state index is 12.4. The highest BCUT2D eigenvalue weighted by Crippen LogP contribution is 2.38. The first-order chi connectivity index (χ1) is 17.8. The van der Waals surface area contributed by atoms with Crippen LogP contribution in [0, 0.1) is 17.8 Å². The number of aromatic nitrogens is 2. The first-order valence-electron chi connectivity index (χ1n) is 11.9. The molecule has 2 atom stereocenters. The minimum Gasteiger partial charge on any atom is -0.401 e. The Morgan fingerprint density at radius 2 is 2.11 bits per heavy atom. The number of amides is 2. The Labute approximate surface area is 220 Å². The number of nitrogens with zero attached hydrogens (tertiary/aromatic N) is 4. The Morgan fingerprint density at radius 3 is 2.73 bits per heavy atom. The molecule has 2 amide bonds. The molecule has 0 unspecified atom stereocenters. The second kappa shape index (κ2) is 11.1. The average Bonchev–Trinajstić information content (AvgIpc) is 3.51. The van der Waals surface area contributed by atoms with Crippen LogP contribution in [0.1, 0.15) is 37.3 Å². The normalized spacial score (nSPS) is 20.4. The smallest absolute Gasteiger partial charge is 0.253 e. The van der Waals surface area contributed by atoms with E-state index in [9.17, 15) is 9.59 Å². The van der Waals surface area contributed by atoms with Gasteiger partial charge in [-0.15, -0.1) is 0 Å². The Bertz CT molecular complexity index is 1360. The lowest BCUT2D eigenvalue weighted by atomic mass is 9.96. The fraction of sp³-hybridized carbons (Fsp3) is 0.385. The topological polar surface area (TPSA) is 155 Å². The number of likely N-dealkylation sites (tertiary alicyclic amines) is 1. The molecular formula is C26H30ClN7O3. The number of ether oxygens (including phenoxy) is 1. The van der Waals surface area contributed by atoms with Gasteiger partial charge in [0.1, 0.15) is 5.71 Å². The second-order valence-corrected chi connectivity index (χ2v) is 9.71. The van der Waals surface area contributed by atoms with Gasteiger partial charge in [0.05, 0.1) is 40.6 Å². The van der Waals surface area contributed by atoms with Crippen molar-refractivity contribution in [2.24, 2.45) is 28.3 Å². The molecule has 1 aromatic heterocycles. The molecule has 2 aliphatic rings. The van der Waals surface area contributed by atoms with E-state index in [1.807, 2.05) is 6.07 Å².